The van der Waals surface area contributed by atoms with Crippen LogP contribution in [0.25, 0.3) is 0 Å². The van der Waals surface area contributed by atoms with E-state index in [4.69, 9.17) is 9.88 Å². The number of nitrogens with two attached hydrogens (primary N) is 1. The summed E-state index contributed by atoms with van der Waals surface area (Å²) in [6, 6.07) is 16.5. The van der Waals surface area contributed by atoms with Gasteiger partial charge in [-0.2, -0.15) is 8.42 Å². The number of ether oxygens (including phenoxy) is 1. The Bertz CT molecular complexity index is 1390. The van der Waals surface area contributed by atoms with Crippen LogP contribution in [0.5, 0.6) is 5.75 Å². The first-order valence-corrected chi connectivity index (χ1v) is 12.5. The molecule has 0 saturated carbocycles. The molecule has 0 aliphatic heterocycles. The smallest absolute Gasteiger partial charge is 0.296 e. The van der Waals surface area contributed by atoms with Crippen molar-refractivity contribution in [3.05, 3.63) is 77.9 Å². The lowest BCUT2D eigenvalue weighted by Gasteiger charge is -2.13. The third-order valence-corrected chi connectivity index (χ3v) is 6.51. The third-order valence-electron chi connectivity index (χ3n) is 4.46. The van der Waals surface area contributed by atoms with Gasteiger partial charge in [0.05, 0.1) is 17.7 Å². The van der Waals surface area contributed by atoms with Crippen LogP contribution in [-0.4, -0.2) is 29.9 Å². The minimum absolute atomic E-state index is 0.0596. The number of aryl methyl sites for hydroxylation is 1. The lowest BCUT2D eigenvalue weighted by Crippen LogP contribution is -2.21. The van der Waals surface area contributed by atoms with Gasteiger partial charge in [-0.15, -0.1) is 0 Å². The lowest BCUT2D eigenvalue weighted by molar-refractivity contribution is 0.102. The average Bonchev–Trinajstić information content (AvgIpc) is 2.73. The van der Waals surface area contributed by atoms with E-state index >= 15 is 0 Å². The zero-order chi connectivity index (χ0) is 24.2. The standard InChI is InChI=1S/C21H22N4O6S2/c1-14-6-7-15(21(26)23-17-4-3-5-18(13-17)25-33(22,29)30)12-20(14)32(27,28)24-16-8-10-19(31-2)11-9-16/h3-13,24-25H,1-2H3,(H,23,26)(H2,22,29,30). The van der Waals surface area contributed by atoms with Gasteiger partial charge in [-0.3, -0.25) is 14.2 Å². The van der Waals surface area contributed by atoms with Gasteiger partial charge in [-0.05, 0) is 67.1 Å². The van der Waals surface area contributed by atoms with E-state index in [-0.39, 0.29) is 21.8 Å². The number of rotatable bonds is 8. The Hall–Kier alpha value is -3.61. The zero-order valence-corrected chi connectivity index (χ0v) is 19.3. The van der Waals surface area contributed by atoms with Gasteiger partial charge in [0, 0.05) is 16.9 Å². The monoisotopic (exact) mass is 490 g/mol. The molecule has 0 aliphatic rings. The van der Waals surface area contributed by atoms with Crippen molar-refractivity contribution in [1.82, 2.24) is 0 Å². The van der Waals surface area contributed by atoms with E-state index in [9.17, 15) is 21.6 Å². The molecule has 33 heavy (non-hydrogen) atoms. The molecule has 0 bridgehead atoms. The van der Waals surface area contributed by atoms with Crippen molar-refractivity contribution in [1.29, 1.82) is 0 Å². The second kappa shape index (κ2) is 9.48. The maximum Gasteiger partial charge on any atom is 0.296 e. The molecule has 0 saturated heterocycles. The summed E-state index contributed by atoms with van der Waals surface area (Å²) in [7, 11) is -6.45. The number of hydrogen-bond donors (Lipinski definition) is 4. The van der Waals surface area contributed by atoms with Crippen LogP contribution >= 0.6 is 0 Å². The van der Waals surface area contributed by atoms with Crippen LogP contribution in [0.2, 0.25) is 0 Å². The van der Waals surface area contributed by atoms with Crippen LogP contribution < -0.4 is 24.6 Å². The van der Waals surface area contributed by atoms with Gasteiger partial charge in [-0.1, -0.05) is 12.1 Å². The van der Waals surface area contributed by atoms with Crippen molar-refractivity contribution in [2.75, 3.05) is 21.9 Å². The molecule has 0 fully saturated rings. The van der Waals surface area contributed by atoms with Crippen molar-refractivity contribution in [2.24, 2.45) is 5.14 Å². The number of anilines is 3. The minimum atomic E-state index is -3.98. The fraction of sp³-hybridized carbons (Fsp3) is 0.0952. The highest BCUT2D eigenvalue weighted by atomic mass is 32.2. The number of benzene rings is 3. The summed E-state index contributed by atoms with van der Waals surface area (Å²) in [6.07, 6.45) is 0. The van der Waals surface area contributed by atoms with E-state index in [1.54, 1.807) is 37.3 Å². The van der Waals surface area contributed by atoms with Crippen LogP contribution in [0.3, 0.4) is 0 Å². The molecule has 0 aliphatic carbocycles. The molecule has 5 N–H and O–H groups in total. The molecule has 0 radical (unpaired) electrons. The van der Waals surface area contributed by atoms with Gasteiger partial charge in [0.2, 0.25) is 0 Å². The predicted molar refractivity (Wildman–Crippen MR) is 126 cm³/mol. The van der Waals surface area contributed by atoms with Crippen LogP contribution in [0.4, 0.5) is 17.1 Å². The van der Waals surface area contributed by atoms with Crippen molar-refractivity contribution in [3.63, 3.8) is 0 Å². The Kier molecular flexibility index (Phi) is 6.91. The minimum Gasteiger partial charge on any atom is -0.497 e. The quantitative estimate of drug-likeness (QED) is 0.380. The topological polar surface area (TPSA) is 157 Å². The first-order valence-electron chi connectivity index (χ1n) is 9.46. The summed E-state index contributed by atoms with van der Waals surface area (Å²) in [5.74, 6) is -0.000202. The fourth-order valence-corrected chi connectivity index (χ4v) is 4.71. The van der Waals surface area contributed by atoms with Crippen LogP contribution in [0.1, 0.15) is 15.9 Å². The number of sulfonamides is 1. The van der Waals surface area contributed by atoms with E-state index < -0.39 is 26.1 Å². The van der Waals surface area contributed by atoms with Crippen molar-refractivity contribution in [3.8, 4) is 5.75 Å². The summed E-state index contributed by atoms with van der Waals surface area (Å²) < 4.78 is 57.9. The molecule has 12 heteroatoms. The maximum atomic E-state index is 12.9. The largest absolute Gasteiger partial charge is 0.497 e. The molecule has 1 amide bonds. The lowest BCUT2D eigenvalue weighted by atomic mass is 10.1. The van der Waals surface area contributed by atoms with E-state index in [1.165, 1.54) is 43.5 Å². The van der Waals surface area contributed by atoms with Gasteiger partial charge in [0.25, 0.3) is 26.1 Å². The third kappa shape index (κ3) is 6.44. The van der Waals surface area contributed by atoms with Gasteiger partial charge in [0.1, 0.15) is 5.75 Å². The summed E-state index contributed by atoms with van der Waals surface area (Å²) in [6.45, 7) is 1.62. The summed E-state index contributed by atoms with van der Waals surface area (Å²) in [5, 5.41) is 7.56. The number of methoxy groups -OCH3 is 1. The Morgan fingerprint density at radius 1 is 0.848 bits per heavy atom. The Morgan fingerprint density at radius 2 is 1.52 bits per heavy atom. The summed E-state index contributed by atoms with van der Waals surface area (Å²) in [4.78, 5) is 12.7. The molecular weight excluding hydrogens is 468 g/mol. The van der Waals surface area contributed by atoms with Crippen molar-refractivity contribution in [2.45, 2.75) is 11.8 Å². The predicted octanol–water partition coefficient (Wildman–Crippen LogP) is 2.67. The Morgan fingerprint density at radius 3 is 2.15 bits per heavy atom. The molecule has 10 nitrogen and oxygen atoms in total. The molecule has 0 spiro atoms. The second-order valence-electron chi connectivity index (χ2n) is 7.00. The molecule has 3 rings (SSSR count). The van der Waals surface area contributed by atoms with E-state index in [0.29, 0.717) is 17.0 Å². The highest BCUT2D eigenvalue weighted by Crippen LogP contribution is 2.23. The Labute approximate surface area is 192 Å². The molecular formula is C21H22N4O6S2. The van der Waals surface area contributed by atoms with Crippen LogP contribution in [0, 0.1) is 6.92 Å². The van der Waals surface area contributed by atoms with E-state index in [1.807, 2.05) is 0 Å². The molecule has 3 aromatic carbocycles. The molecule has 174 valence electrons. The molecule has 3 aromatic rings. The SMILES string of the molecule is COc1ccc(NS(=O)(=O)c2cc(C(=O)Nc3cccc(NS(N)(=O)=O)c3)ccc2C)cc1. The fourth-order valence-electron chi connectivity index (χ4n) is 2.93. The average molecular weight is 491 g/mol. The molecule has 0 aromatic heterocycles. The normalized spacial score (nSPS) is 11.5. The van der Waals surface area contributed by atoms with Crippen LogP contribution in [0.15, 0.2) is 71.6 Å². The van der Waals surface area contributed by atoms with Gasteiger partial charge in [-0.25, -0.2) is 13.6 Å². The molecule has 0 unspecified atom stereocenters. The van der Waals surface area contributed by atoms with Crippen LogP contribution in [-0.2, 0) is 20.2 Å². The Balaban J connectivity index is 1.83. The number of nitrogens with one attached hydrogen (secondary N) is 3. The first kappa shape index (κ1) is 24.0. The number of amides is 1. The van der Waals surface area contributed by atoms with E-state index in [2.05, 4.69) is 14.8 Å². The zero-order valence-electron chi connectivity index (χ0n) is 17.7. The van der Waals surface area contributed by atoms with E-state index in [0.717, 1.165) is 0 Å². The van der Waals surface area contributed by atoms with Crippen molar-refractivity contribution < 1.29 is 26.4 Å². The first-order chi connectivity index (χ1) is 15.5. The van der Waals surface area contributed by atoms with Gasteiger partial charge >= 0.3 is 0 Å². The number of carbonyl (C=O) groups excluding carboxylic acids is 1. The van der Waals surface area contributed by atoms with Gasteiger partial charge in [0.15, 0.2) is 0 Å². The highest BCUT2D eigenvalue weighted by molar-refractivity contribution is 7.92. The maximum absolute atomic E-state index is 12.9. The summed E-state index contributed by atoms with van der Waals surface area (Å²) in [5.41, 5.74) is 1.33. The summed E-state index contributed by atoms with van der Waals surface area (Å²) >= 11 is 0. The number of hydrogen-bond acceptors (Lipinski definition) is 6. The second-order valence-corrected chi connectivity index (χ2v) is 9.94. The van der Waals surface area contributed by atoms with Gasteiger partial charge < -0.3 is 10.1 Å². The van der Waals surface area contributed by atoms with Crippen molar-refractivity contribution >= 4 is 43.2 Å². The highest BCUT2D eigenvalue weighted by Gasteiger charge is 2.20. The number of carbonyl (C=O) groups is 1. The molecule has 0 atom stereocenters. The molecule has 0 heterocycles.